The van der Waals surface area contributed by atoms with Crippen LogP contribution in [0.3, 0.4) is 0 Å². The second-order valence-corrected chi connectivity index (χ2v) is 9.31. The average molecular weight is 422 g/mol. The van der Waals surface area contributed by atoms with Crippen molar-refractivity contribution in [2.24, 2.45) is 0 Å². The zero-order valence-corrected chi connectivity index (χ0v) is 17.5. The van der Waals surface area contributed by atoms with E-state index in [0.29, 0.717) is 31.2 Å². The number of halogens is 1. The number of hydrogen-bond donors (Lipinski definition) is 0. The summed E-state index contributed by atoms with van der Waals surface area (Å²) in [5.74, 6) is -0.0137. The van der Waals surface area contributed by atoms with Crippen LogP contribution in [0.25, 0.3) is 0 Å². The fourth-order valence-electron chi connectivity index (χ4n) is 3.35. The number of amides is 1. The first-order valence-electron chi connectivity index (χ1n) is 9.06. The minimum absolute atomic E-state index is 0.0137. The SMILES string of the molecule is CN(C)C(=O)[C@@H](c1ccccc1)N1CCN(S(=O)(=O)c2ccc(Cl)cc2)CC1. The minimum Gasteiger partial charge on any atom is -0.347 e. The van der Waals surface area contributed by atoms with Crippen molar-refractivity contribution in [3.8, 4) is 0 Å². The molecule has 28 heavy (non-hydrogen) atoms. The van der Waals surface area contributed by atoms with Crippen molar-refractivity contribution < 1.29 is 13.2 Å². The van der Waals surface area contributed by atoms with Crippen LogP contribution in [0, 0.1) is 0 Å². The molecule has 0 unspecified atom stereocenters. The van der Waals surface area contributed by atoms with Gasteiger partial charge in [0.2, 0.25) is 15.9 Å². The molecule has 1 aliphatic rings. The predicted molar refractivity (Wildman–Crippen MR) is 110 cm³/mol. The Kier molecular flexibility index (Phi) is 6.40. The normalized spacial score (nSPS) is 17.2. The largest absolute Gasteiger partial charge is 0.347 e. The maximum absolute atomic E-state index is 12.9. The Morgan fingerprint density at radius 3 is 2.07 bits per heavy atom. The molecule has 1 atom stereocenters. The van der Waals surface area contributed by atoms with Crippen LogP contribution < -0.4 is 0 Å². The van der Waals surface area contributed by atoms with E-state index in [9.17, 15) is 13.2 Å². The molecule has 6 nitrogen and oxygen atoms in total. The second-order valence-electron chi connectivity index (χ2n) is 6.94. The summed E-state index contributed by atoms with van der Waals surface area (Å²) in [6.07, 6.45) is 0. The van der Waals surface area contributed by atoms with Gasteiger partial charge >= 0.3 is 0 Å². The average Bonchev–Trinajstić information content (AvgIpc) is 2.69. The maximum Gasteiger partial charge on any atom is 0.244 e. The van der Waals surface area contributed by atoms with Gasteiger partial charge in [-0.1, -0.05) is 41.9 Å². The Morgan fingerprint density at radius 2 is 1.54 bits per heavy atom. The van der Waals surface area contributed by atoms with Gasteiger partial charge in [-0.25, -0.2) is 8.42 Å². The Balaban J connectivity index is 1.77. The van der Waals surface area contributed by atoms with Gasteiger partial charge in [0.1, 0.15) is 6.04 Å². The summed E-state index contributed by atoms with van der Waals surface area (Å²) < 4.78 is 27.2. The highest BCUT2D eigenvalue weighted by Gasteiger charge is 2.34. The molecule has 150 valence electrons. The van der Waals surface area contributed by atoms with Crippen molar-refractivity contribution in [2.75, 3.05) is 40.3 Å². The van der Waals surface area contributed by atoms with Crippen molar-refractivity contribution >= 4 is 27.5 Å². The van der Waals surface area contributed by atoms with E-state index in [1.54, 1.807) is 31.1 Å². The molecule has 0 N–H and O–H groups in total. The standard InChI is InChI=1S/C20H24ClN3O3S/c1-22(2)20(25)19(16-6-4-3-5-7-16)23-12-14-24(15-13-23)28(26,27)18-10-8-17(21)9-11-18/h3-11,19H,12-15H2,1-2H3/t19-/m1/s1. The zero-order valence-electron chi connectivity index (χ0n) is 16.0. The molecule has 0 aliphatic carbocycles. The topological polar surface area (TPSA) is 60.9 Å². The summed E-state index contributed by atoms with van der Waals surface area (Å²) in [5, 5.41) is 0.497. The van der Waals surface area contributed by atoms with Gasteiger partial charge in [0.05, 0.1) is 4.90 Å². The summed E-state index contributed by atoms with van der Waals surface area (Å²) in [6, 6.07) is 15.4. The van der Waals surface area contributed by atoms with Gasteiger partial charge in [-0.2, -0.15) is 4.31 Å². The fourth-order valence-corrected chi connectivity index (χ4v) is 4.90. The van der Waals surface area contributed by atoms with E-state index in [1.165, 1.54) is 16.4 Å². The lowest BCUT2D eigenvalue weighted by Gasteiger charge is -2.39. The first-order chi connectivity index (χ1) is 13.3. The lowest BCUT2D eigenvalue weighted by Crippen LogP contribution is -2.52. The number of benzene rings is 2. The Labute approximate surface area is 171 Å². The van der Waals surface area contributed by atoms with Crippen LogP contribution in [0.2, 0.25) is 5.02 Å². The molecule has 1 fully saturated rings. The minimum atomic E-state index is -3.58. The van der Waals surface area contributed by atoms with E-state index in [-0.39, 0.29) is 10.8 Å². The first kappa shape index (κ1) is 20.8. The Hall–Kier alpha value is -1.93. The summed E-state index contributed by atoms with van der Waals surface area (Å²) in [7, 11) is -0.105. The molecule has 2 aromatic carbocycles. The molecule has 0 bridgehead atoms. The Morgan fingerprint density at radius 1 is 0.964 bits per heavy atom. The van der Waals surface area contributed by atoms with E-state index in [2.05, 4.69) is 0 Å². The molecule has 0 radical (unpaired) electrons. The number of likely N-dealkylation sites (N-methyl/N-ethyl adjacent to an activating group) is 1. The van der Waals surface area contributed by atoms with Gasteiger partial charge in [0, 0.05) is 45.3 Å². The van der Waals surface area contributed by atoms with E-state index < -0.39 is 16.1 Å². The molecule has 8 heteroatoms. The second kappa shape index (κ2) is 8.61. The maximum atomic E-state index is 12.9. The number of piperazine rings is 1. The van der Waals surface area contributed by atoms with Crippen molar-refractivity contribution in [1.82, 2.24) is 14.1 Å². The lowest BCUT2D eigenvalue weighted by atomic mass is 10.0. The molecular weight excluding hydrogens is 398 g/mol. The molecule has 0 aromatic heterocycles. The van der Waals surface area contributed by atoms with Gasteiger partial charge in [-0.3, -0.25) is 9.69 Å². The third kappa shape index (κ3) is 4.38. The number of carbonyl (C=O) groups is 1. The van der Waals surface area contributed by atoms with Gasteiger partial charge in [-0.15, -0.1) is 0 Å². The molecular formula is C20H24ClN3O3S. The molecule has 1 heterocycles. The highest BCUT2D eigenvalue weighted by Crippen LogP contribution is 2.26. The third-order valence-electron chi connectivity index (χ3n) is 4.88. The van der Waals surface area contributed by atoms with E-state index in [0.717, 1.165) is 5.56 Å². The number of sulfonamides is 1. The molecule has 0 spiro atoms. The van der Waals surface area contributed by atoms with Crippen molar-refractivity contribution in [3.05, 3.63) is 65.2 Å². The first-order valence-corrected chi connectivity index (χ1v) is 10.9. The van der Waals surface area contributed by atoms with Crippen LogP contribution in [0.4, 0.5) is 0 Å². The van der Waals surface area contributed by atoms with E-state index in [1.807, 2.05) is 35.2 Å². The van der Waals surface area contributed by atoms with Crippen LogP contribution >= 0.6 is 11.6 Å². The van der Waals surface area contributed by atoms with E-state index in [4.69, 9.17) is 11.6 Å². The van der Waals surface area contributed by atoms with Crippen LogP contribution in [0.1, 0.15) is 11.6 Å². The van der Waals surface area contributed by atoms with Crippen molar-refractivity contribution in [2.45, 2.75) is 10.9 Å². The van der Waals surface area contributed by atoms with Gasteiger partial charge < -0.3 is 4.90 Å². The lowest BCUT2D eigenvalue weighted by molar-refractivity contribution is -0.135. The summed E-state index contributed by atoms with van der Waals surface area (Å²) in [4.78, 5) is 16.7. The summed E-state index contributed by atoms with van der Waals surface area (Å²) in [6.45, 7) is 1.61. The number of nitrogens with zero attached hydrogens (tertiary/aromatic N) is 3. The van der Waals surface area contributed by atoms with Gasteiger partial charge in [0.15, 0.2) is 0 Å². The highest BCUT2D eigenvalue weighted by atomic mass is 35.5. The summed E-state index contributed by atoms with van der Waals surface area (Å²) >= 11 is 5.86. The van der Waals surface area contributed by atoms with Crippen molar-refractivity contribution in [3.63, 3.8) is 0 Å². The Bertz CT molecular complexity index is 909. The fraction of sp³-hybridized carbons (Fsp3) is 0.350. The third-order valence-corrected chi connectivity index (χ3v) is 7.04. The molecule has 1 amide bonds. The van der Waals surface area contributed by atoms with Crippen molar-refractivity contribution in [1.29, 1.82) is 0 Å². The summed E-state index contributed by atoms with van der Waals surface area (Å²) in [5.41, 5.74) is 0.912. The van der Waals surface area contributed by atoms with Crippen LogP contribution in [0.5, 0.6) is 0 Å². The molecule has 2 aromatic rings. The molecule has 1 saturated heterocycles. The molecule has 1 aliphatic heterocycles. The monoisotopic (exact) mass is 421 g/mol. The molecule has 0 saturated carbocycles. The van der Waals surface area contributed by atoms with E-state index >= 15 is 0 Å². The highest BCUT2D eigenvalue weighted by molar-refractivity contribution is 7.89. The van der Waals surface area contributed by atoms with Gasteiger partial charge in [0.25, 0.3) is 0 Å². The quantitative estimate of drug-likeness (QED) is 0.744. The predicted octanol–water partition coefficient (Wildman–Crippen LogP) is 2.48. The van der Waals surface area contributed by atoms with Crippen LogP contribution in [-0.2, 0) is 14.8 Å². The number of rotatable bonds is 5. The van der Waals surface area contributed by atoms with Crippen LogP contribution in [-0.4, -0.2) is 68.7 Å². The van der Waals surface area contributed by atoms with Gasteiger partial charge in [-0.05, 0) is 29.8 Å². The smallest absolute Gasteiger partial charge is 0.244 e. The molecule has 3 rings (SSSR count). The number of carbonyl (C=O) groups excluding carboxylic acids is 1. The van der Waals surface area contributed by atoms with Crippen LogP contribution in [0.15, 0.2) is 59.5 Å². The number of hydrogen-bond acceptors (Lipinski definition) is 4. The zero-order chi connectivity index (χ0) is 20.3.